The number of rotatable bonds is 9. The van der Waals surface area contributed by atoms with Gasteiger partial charge in [-0.25, -0.2) is 0 Å². The number of amides is 1. The van der Waals surface area contributed by atoms with Gasteiger partial charge < -0.3 is 24.4 Å². The van der Waals surface area contributed by atoms with Gasteiger partial charge in [0.15, 0.2) is 6.61 Å². The Labute approximate surface area is 201 Å². The fourth-order valence-corrected chi connectivity index (χ4v) is 5.15. The fourth-order valence-electron chi connectivity index (χ4n) is 5.15. The van der Waals surface area contributed by atoms with Crippen molar-refractivity contribution in [2.75, 3.05) is 51.3 Å². The summed E-state index contributed by atoms with van der Waals surface area (Å²) in [6.45, 7) is 5.34. The molecule has 182 valence electrons. The monoisotopic (exact) mass is 465 g/mol. The summed E-state index contributed by atoms with van der Waals surface area (Å²) in [6, 6.07) is 13.8. The van der Waals surface area contributed by atoms with Crippen molar-refractivity contribution in [3.63, 3.8) is 0 Å². The Balaban J connectivity index is 1.48. The van der Waals surface area contributed by atoms with Crippen molar-refractivity contribution in [2.45, 2.75) is 38.3 Å². The number of aliphatic hydroxyl groups excluding tert-OH is 1. The van der Waals surface area contributed by atoms with Crippen molar-refractivity contribution in [3.05, 3.63) is 59.2 Å². The fraction of sp³-hybridized carbons (Fsp3) is 0.481. The molecule has 0 aromatic heterocycles. The van der Waals surface area contributed by atoms with Crippen molar-refractivity contribution in [2.24, 2.45) is 0 Å². The highest BCUT2D eigenvalue weighted by Gasteiger charge is 2.29. The zero-order valence-corrected chi connectivity index (χ0v) is 20.2. The summed E-state index contributed by atoms with van der Waals surface area (Å²) in [5.74, 6) is 0.625. The molecule has 2 aromatic rings. The number of carbonyl (C=O) groups is 2. The number of aryl methyl sites for hydroxylation is 1. The summed E-state index contributed by atoms with van der Waals surface area (Å²) < 4.78 is 6.08. The Hall–Kier alpha value is -2.90. The SMILES string of the molecule is Cc1ccc(OCC(=O)N(C)C(CN2CC[C@H](O)C2)c2ccccc2)c2c1N(CC=O)CCC2. The second kappa shape index (κ2) is 11.0. The van der Waals surface area contributed by atoms with Crippen LogP contribution in [0.1, 0.15) is 35.6 Å². The van der Waals surface area contributed by atoms with E-state index >= 15 is 0 Å². The number of β-amino-alcohol motifs (C(OH)–C–C–N with tert-alkyl or cyclic N) is 1. The zero-order valence-electron chi connectivity index (χ0n) is 20.2. The van der Waals surface area contributed by atoms with Crippen molar-refractivity contribution in [3.8, 4) is 5.75 Å². The minimum Gasteiger partial charge on any atom is -0.483 e. The first kappa shape index (κ1) is 24.2. The summed E-state index contributed by atoms with van der Waals surface area (Å²) in [6.07, 6.45) is 3.22. The number of ether oxygens (including phenoxy) is 1. The van der Waals surface area contributed by atoms with Crippen LogP contribution >= 0.6 is 0 Å². The molecule has 0 bridgehead atoms. The number of anilines is 1. The molecular weight excluding hydrogens is 430 g/mol. The van der Waals surface area contributed by atoms with E-state index in [2.05, 4.69) is 9.80 Å². The normalized spacial score (nSPS) is 18.9. The maximum absolute atomic E-state index is 13.2. The molecular formula is C27H35N3O4. The minimum absolute atomic E-state index is 0.0500. The molecule has 0 aliphatic carbocycles. The lowest BCUT2D eigenvalue weighted by Gasteiger charge is -2.33. The molecule has 0 saturated carbocycles. The molecule has 0 spiro atoms. The Morgan fingerprint density at radius 1 is 1.24 bits per heavy atom. The lowest BCUT2D eigenvalue weighted by Crippen LogP contribution is -2.41. The highest BCUT2D eigenvalue weighted by Crippen LogP contribution is 2.37. The van der Waals surface area contributed by atoms with E-state index in [9.17, 15) is 14.7 Å². The van der Waals surface area contributed by atoms with Crippen LogP contribution in [0.25, 0.3) is 0 Å². The number of aldehydes is 1. The third kappa shape index (κ3) is 5.42. The molecule has 2 aromatic carbocycles. The molecule has 7 heteroatoms. The molecule has 4 rings (SSSR count). The number of hydrogen-bond acceptors (Lipinski definition) is 6. The lowest BCUT2D eigenvalue weighted by atomic mass is 9.97. The molecule has 0 radical (unpaired) electrons. The third-order valence-corrected chi connectivity index (χ3v) is 6.98. The Morgan fingerprint density at radius 2 is 2.03 bits per heavy atom. The number of aliphatic hydroxyl groups is 1. The van der Waals surface area contributed by atoms with Gasteiger partial charge in [0.2, 0.25) is 0 Å². The quantitative estimate of drug-likeness (QED) is 0.574. The van der Waals surface area contributed by atoms with Crippen LogP contribution in [0, 0.1) is 6.92 Å². The van der Waals surface area contributed by atoms with Crippen LogP contribution in [-0.2, 0) is 16.0 Å². The number of carbonyl (C=O) groups excluding carboxylic acids is 2. The van der Waals surface area contributed by atoms with Crippen LogP contribution in [0.4, 0.5) is 5.69 Å². The number of nitrogens with zero attached hydrogens (tertiary/aromatic N) is 3. The number of hydrogen-bond donors (Lipinski definition) is 1. The van der Waals surface area contributed by atoms with Crippen molar-refractivity contribution in [1.82, 2.24) is 9.80 Å². The first-order chi connectivity index (χ1) is 16.5. The molecule has 1 saturated heterocycles. The third-order valence-electron chi connectivity index (χ3n) is 6.98. The van der Waals surface area contributed by atoms with Gasteiger partial charge in [-0.05, 0) is 43.4 Å². The number of likely N-dealkylation sites (tertiary alicyclic amines) is 1. The van der Waals surface area contributed by atoms with Crippen molar-refractivity contribution >= 4 is 17.9 Å². The predicted molar refractivity (Wildman–Crippen MR) is 132 cm³/mol. The summed E-state index contributed by atoms with van der Waals surface area (Å²) in [7, 11) is 1.83. The zero-order chi connectivity index (χ0) is 24.1. The first-order valence-corrected chi connectivity index (χ1v) is 12.1. The van der Waals surface area contributed by atoms with Crippen LogP contribution in [-0.4, -0.2) is 79.6 Å². The largest absolute Gasteiger partial charge is 0.483 e. The van der Waals surface area contributed by atoms with Gasteiger partial charge >= 0.3 is 0 Å². The summed E-state index contributed by atoms with van der Waals surface area (Å²) in [4.78, 5) is 30.5. The maximum Gasteiger partial charge on any atom is 0.260 e. The van der Waals surface area contributed by atoms with Crippen LogP contribution in [0.5, 0.6) is 5.75 Å². The second-order valence-corrected chi connectivity index (χ2v) is 9.35. The predicted octanol–water partition coefficient (Wildman–Crippen LogP) is 2.59. The van der Waals surface area contributed by atoms with Crippen LogP contribution in [0.2, 0.25) is 0 Å². The summed E-state index contributed by atoms with van der Waals surface area (Å²) >= 11 is 0. The maximum atomic E-state index is 13.2. The molecule has 1 amide bonds. The van der Waals surface area contributed by atoms with E-state index in [-0.39, 0.29) is 24.7 Å². The van der Waals surface area contributed by atoms with Crippen LogP contribution in [0.15, 0.2) is 42.5 Å². The molecule has 2 aliphatic rings. The first-order valence-electron chi connectivity index (χ1n) is 12.1. The van der Waals surface area contributed by atoms with E-state index < -0.39 is 0 Å². The minimum atomic E-state index is -0.299. The Morgan fingerprint density at radius 3 is 2.74 bits per heavy atom. The highest BCUT2D eigenvalue weighted by molar-refractivity contribution is 5.78. The molecule has 2 aliphatic heterocycles. The van der Waals surface area contributed by atoms with E-state index in [4.69, 9.17) is 4.74 Å². The van der Waals surface area contributed by atoms with E-state index in [0.717, 1.165) is 66.8 Å². The molecule has 34 heavy (non-hydrogen) atoms. The standard InChI is InChI=1S/C27H35N3O4/c1-20-10-11-25(23-9-6-13-30(15-16-31)27(20)23)34-19-26(33)28(2)24(21-7-4-3-5-8-21)18-29-14-12-22(32)17-29/h3-5,7-8,10-11,16,22,24,32H,6,9,12-15,17-19H2,1-2H3/t22-,24?/m0/s1. The average molecular weight is 466 g/mol. The van der Waals surface area contributed by atoms with Gasteiger partial charge in [-0.1, -0.05) is 36.4 Å². The van der Waals surface area contributed by atoms with Crippen LogP contribution in [0.3, 0.4) is 0 Å². The molecule has 1 unspecified atom stereocenters. The second-order valence-electron chi connectivity index (χ2n) is 9.35. The Kier molecular flexibility index (Phi) is 7.85. The van der Waals surface area contributed by atoms with Gasteiger partial charge in [-0.2, -0.15) is 0 Å². The smallest absolute Gasteiger partial charge is 0.260 e. The molecule has 1 fully saturated rings. The van der Waals surface area contributed by atoms with E-state index in [1.165, 1.54) is 0 Å². The molecule has 1 N–H and O–H groups in total. The lowest BCUT2D eigenvalue weighted by molar-refractivity contribution is -0.134. The van der Waals surface area contributed by atoms with Crippen molar-refractivity contribution < 1.29 is 19.4 Å². The number of benzene rings is 2. The summed E-state index contributed by atoms with van der Waals surface area (Å²) in [5, 5.41) is 9.94. The number of likely N-dealkylation sites (N-methyl/N-ethyl adjacent to an activating group) is 1. The van der Waals surface area contributed by atoms with Gasteiger partial charge in [0, 0.05) is 44.5 Å². The van der Waals surface area contributed by atoms with E-state index in [1.54, 1.807) is 4.90 Å². The number of fused-ring (bicyclic) bond motifs is 1. The van der Waals surface area contributed by atoms with Gasteiger partial charge in [0.05, 0.1) is 18.7 Å². The van der Waals surface area contributed by atoms with E-state index in [1.807, 2.05) is 56.4 Å². The van der Waals surface area contributed by atoms with Crippen LogP contribution < -0.4 is 9.64 Å². The topological polar surface area (TPSA) is 73.3 Å². The Bertz CT molecular complexity index is 997. The van der Waals surface area contributed by atoms with Crippen molar-refractivity contribution in [1.29, 1.82) is 0 Å². The van der Waals surface area contributed by atoms with Gasteiger partial charge in [0.1, 0.15) is 12.0 Å². The molecule has 7 nitrogen and oxygen atoms in total. The van der Waals surface area contributed by atoms with Gasteiger partial charge in [-0.15, -0.1) is 0 Å². The highest BCUT2D eigenvalue weighted by atomic mass is 16.5. The molecule has 2 atom stereocenters. The molecule has 2 heterocycles. The van der Waals surface area contributed by atoms with Gasteiger partial charge in [0.25, 0.3) is 5.91 Å². The van der Waals surface area contributed by atoms with E-state index in [0.29, 0.717) is 19.6 Å². The average Bonchev–Trinajstić information content (AvgIpc) is 3.27. The summed E-state index contributed by atoms with van der Waals surface area (Å²) in [5.41, 5.74) is 4.32. The van der Waals surface area contributed by atoms with Gasteiger partial charge in [-0.3, -0.25) is 9.69 Å².